The molecule has 0 radical (unpaired) electrons. The second-order valence-corrected chi connectivity index (χ2v) is 11.4. The van der Waals surface area contributed by atoms with Gasteiger partial charge in [0.05, 0.1) is 10.1 Å². The third-order valence-electron chi connectivity index (χ3n) is 5.02. The molecule has 1 unspecified atom stereocenters. The van der Waals surface area contributed by atoms with Crippen LogP contribution in [-0.2, 0) is 14.8 Å². The number of nitrogens with one attached hydrogen (secondary N) is 1. The molecule has 2 aromatic carbocycles. The molecule has 156 valence electrons. The Labute approximate surface area is 185 Å². The molecule has 1 heterocycles. The van der Waals surface area contributed by atoms with Crippen LogP contribution in [0.3, 0.4) is 0 Å². The fourth-order valence-electron chi connectivity index (χ4n) is 3.25. The molecule has 1 amide bonds. The molecule has 1 N–H and O–H groups in total. The van der Waals surface area contributed by atoms with E-state index in [0.29, 0.717) is 30.4 Å². The number of sulfonamides is 1. The summed E-state index contributed by atoms with van der Waals surface area (Å²) in [7, 11) is -3.43. The molecule has 1 fully saturated rings. The van der Waals surface area contributed by atoms with E-state index in [-0.39, 0.29) is 11.2 Å². The van der Waals surface area contributed by atoms with Gasteiger partial charge in [-0.2, -0.15) is 4.31 Å². The highest BCUT2D eigenvalue weighted by atomic mass is 79.9. The fraction of sp³-hybridized carbons (Fsp3) is 0.381. The molecule has 1 saturated heterocycles. The molecule has 0 spiro atoms. The highest BCUT2D eigenvalue weighted by Gasteiger charge is 2.29. The molecular formula is C21H25BrN2O3S2. The number of nitrogens with zero attached hydrogens (tertiary/aromatic N) is 1. The molecular weight excluding hydrogens is 472 g/mol. The second-order valence-electron chi connectivity index (χ2n) is 7.12. The summed E-state index contributed by atoms with van der Waals surface area (Å²) in [6.07, 6.45) is 1.50. The average molecular weight is 497 g/mol. The average Bonchev–Trinajstić information content (AvgIpc) is 2.74. The van der Waals surface area contributed by atoms with E-state index in [4.69, 9.17) is 0 Å². The summed E-state index contributed by atoms with van der Waals surface area (Å²) in [5.41, 5.74) is 0. The monoisotopic (exact) mass is 496 g/mol. The predicted molar refractivity (Wildman–Crippen MR) is 120 cm³/mol. The lowest BCUT2D eigenvalue weighted by molar-refractivity contribution is -0.120. The van der Waals surface area contributed by atoms with E-state index in [2.05, 4.69) is 21.2 Å². The molecule has 0 aliphatic carbocycles. The van der Waals surface area contributed by atoms with Gasteiger partial charge in [0, 0.05) is 29.0 Å². The van der Waals surface area contributed by atoms with Crippen LogP contribution in [0.25, 0.3) is 0 Å². The van der Waals surface area contributed by atoms with Crippen molar-refractivity contribution >= 4 is 43.6 Å². The van der Waals surface area contributed by atoms with E-state index in [0.717, 1.165) is 22.2 Å². The second kappa shape index (κ2) is 10.1. The van der Waals surface area contributed by atoms with Crippen LogP contribution in [0.2, 0.25) is 0 Å². The first-order valence-electron chi connectivity index (χ1n) is 9.61. The first-order valence-corrected chi connectivity index (χ1v) is 12.7. The minimum Gasteiger partial charge on any atom is -0.355 e. The molecule has 0 bridgehead atoms. The normalized spacial score (nSPS) is 17.0. The van der Waals surface area contributed by atoms with Crippen molar-refractivity contribution in [1.29, 1.82) is 0 Å². The van der Waals surface area contributed by atoms with E-state index in [1.807, 2.05) is 37.3 Å². The highest BCUT2D eigenvalue weighted by molar-refractivity contribution is 9.10. The number of carbonyl (C=O) groups excluding carboxylic acids is 1. The van der Waals surface area contributed by atoms with Gasteiger partial charge >= 0.3 is 0 Å². The van der Waals surface area contributed by atoms with E-state index < -0.39 is 10.0 Å². The van der Waals surface area contributed by atoms with Gasteiger partial charge in [-0.25, -0.2) is 8.42 Å². The van der Waals surface area contributed by atoms with E-state index >= 15 is 0 Å². The van der Waals surface area contributed by atoms with E-state index in [9.17, 15) is 13.2 Å². The number of amides is 1. The standard InChI is InChI=1S/C21H25BrN2O3S2/c1-16(28-19-9-7-18(22)8-10-19)21(25)23-15-17-11-13-24(14-12-17)29(26,27)20-5-3-2-4-6-20/h2-10,16-17H,11-15H2,1H3,(H,23,25). The van der Waals surface area contributed by atoms with Crippen LogP contribution < -0.4 is 5.32 Å². The van der Waals surface area contributed by atoms with Crippen molar-refractivity contribution in [2.24, 2.45) is 5.92 Å². The zero-order valence-corrected chi connectivity index (χ0v) is 19.5. The highest BCUT2D eigenvalue weighted by Crippen LogP contribution is 2.26. The van der Waals surface area contributed by atoms with E-state index in [1.54, 1.807) is 28.6 Å². The fourth-order valence-corrected chi connectivity index (χ4v) is 5.90. The van der Waals surface area contributed by atoms with Crippen molar-refractivity contribution in [2.75, 3.05) is 19.6 Å². The van der Waals surface area contributed by atoms with Gasteiger partial charge in [0.2, 0.25) is 15.9 Å². The molecule has 1 atom stereocenters. The Bertz CT molecular complexity index is 913. The van der Waals surface area contributed by atoms with Crippen molar-refractivity contribution in [1.82, 2.24) is 9.62 Å². The lowest BCUT2D eigenvalue weighted by atomic mass is 9.98. The number of hydrogen-bond acceptors (Lipinski definition) is 4. The summed E-state index contributed by atoms with van der Waals surface area (Å²) in [6, 6.07) is 16.4. The number of thioether (sulfide) groups is 1. The molecule has 8 heteroatoms. The molecule has 0 aromatic heterocycles. The number of piperidine rings is 1. The first kappa shape index (κ1) is 22.3. The van der Waals surface area contributed by atoms with Crippen molar-refractivity contribution in [3.05, 3.63) is 59.1 Å². The number of benzene rings is 2. The Balaban J connectivity index is 1.45. The number of rotatable bonds is 7. The molecule has 3 rings (SSSR count). The van der Waals surface area contributed by atoms with Gasteiger partial charge in [0.25, 0.3) is 0 Å². The molecule has 29 heavy (non-hydrogen) atoms. The third-order valence-corrected chi connectivity index (χ3v) is 8.57. The summed E-state index contributed by atoms with van der Waals surface area (Å²) >= 11 is 4.94. The van der Waals surface area contributed by atoms with Crippen LogP contribution in [0, 0.1) is 5.92 Å². The van der Waals surface area contributed by atoms with Crippen LogP contribution in [0.15, 0.2) is 68.9 Å². The minimum atomic E-state index is -3.43. The Morgan fingerprint density at radius 2 is 1.76 bits per heavy atom. The molecule has 1 aliphatic rings. The Hall–Kier alpha value is -1.35. The van der Waals surface area contributed by atoms with Gasteiger partial charge in [-0.3, -0.25) is 4.79 Å². The van der Waals surface area contributed by atoms with Crippen LogP contribution >= 0.6 is 27.7 Å². The lowest BCUT2D eigenvalue weighted by Crippen LogP contribution is -2.42. The van der Waals surface area contributed by atoms with Gasteiger partial charge in [-0.05, 0) is 62.1 Å². The van der Waals surface area contributed by atoms with Crippen LogP contribution in [0.1, 0.15) is 19.8 Å². The van der Waals surface area contributed by atoms with Gasteiger partial charge in [-0.1, -0.05) is 34.1 Å². The smallest absolute Gasteiger partial charge is 0.243 e. The summed E-state index contributed by atoms with van der Waals surface area (Å²) in [5.74, 6) is 0.309. The number of halogens is 1. The maximum absolute atomic E-state index is 12.7. The minimum absolute atomic E-state index is 0.0113. The Morgan fingerprint density at radius 3 is 2.38 bits per heavy atom. The number of hydrogen-bond donors (Lipinski definition) is 1. The summed E-state index contributed by atoms with van der Waals surface area (Å²) in [6.45, 7) is 3.46. The van der Waals surface area contributed by atoms with Gasteiger partial charge in [-0.15, -0.1) is 11.8 Å². The van der Waals surface area contributed by atoms with Crippen molar-refractivity contribution in [3.63, 3.8) is 0 Å². The van der Waals surface area contributed by atoms with Crippen LogP contribution in [-0.4, -0.2) is 43.5 Å². The summed E-state index contributed by atoms with van der Waals surface area (Å²) < 4.78 is 28.0. The SMILES string of the molecule is CC(Sc1ccc(Br)cc1)C(=O)NCC1CCN(S(=O)(=O)c2ccccc2)CC1. The van der Waals surface area contributed by atoms with Crippen LogP contribution in [0.4, 0.5) is 0 Å². The number of carbonyl (C=O) groups is 1. The summed E-state index contributed by atoms with van der Waals surface area (Å²) in [5, 5.41) is 2.85. The molecule has 2 aromatic rings. The predicted octanol–water partition coefficient (Wildman–Crippen LogP) is 4.15. The van der Waals surface area contributed by atoms with Gasteiger partial charge < -0.3 is 5.32 Å². The van der Waals surface area contributed by atoms with Crippen LogP contribution in [0.5, 0.6) is 0 Å². The largest absolute Gasteiger partial charge is 0.355 e. The summed E-state index contributed by atoms with van der Waals surface area (Å²) in [4.78, 5) is 13.8. The molecule has 0 saturated carbocycles. The zero-order chi connectivity index (χ0) is 20.9. The van der Waals surface area contributed by atoms with Gasteiger partial charge in [0.15, 0.2) is 0 Å². The lowest BCUT2D eigenvalue weighted by Gasteiger charge is -2.31. The van der Waals surface area contributed by atoms with Crippen molar-refractivity contribution in [2.45, 2.75) is 34.8 Å². The van der Waals surface area contributed by atoms with Crippen molar-refractivity contribution < 1.29 is 13.2 Å². The maximum Gasteiger partial charge on any atom is 0.243 e. The maximum atomic E-state index is 12.7. The molecule has 1 aliphatic heterocycles. The Morgan fingerprint density at radius 1 is 1.14 bits per heavy atom. The third kappa shape index (κ3) is 6.07. The van der Waals surface area contributed by atoms with Crippen molar-refractivity contribution in [3.8, 4) is 0 Å². The topological polar surface area (TPSA) is 66.5 Å². The zero-order valence-electron chi connectivity index (χ0n) is 16.3. The molecule has 5 nitrogen and oxygen atoms in total. The quantitative estimate of drug-likeness (QED) is 0.584. The first-order chi connectivity index (χ1) is 13.9. The van der Waals surface area contributed by atoms with Gasteiger partial charge in [0.1, 0.15) is 0 Å². The Kier molecular flexibility index (Phi) is 7.79. The van der Waals surface area contributed by atoms with E-state index in [1.165, 1.54) is 11.8 Å².